The molecule has 0 bridgehead atoms. The molecule has 0 aliphatic carbocycles. The molecule has 0 spiro atoms. The van der Waals surface area contributed by atoms with Crippen LogP contribution in [-0.2, 0) is 0 Å². The summed E-state index contributed by atoms with van der Waals surface area (Å²) in [5, 5.41) is 0.573. The number of hydrogen-bond donors (Lipinski definition) is 0. The van der Waals surface area contributed by atoms with Crippen LogP contribution in [0, 0.1) is 0 Å². The fourth-order valence-corrected chi connectivity index (χ4v) is 0.429. The van der Waals surface area contributed by atoms with E-state index in [4.69, 9.17) is 23.2 Å². The number of nitrogens with zero attached hydrogens (tertiary/aromatic N) is 1. The van der Waals surface area contributed by atoms with E-state index in [0.29, 0.717) is 5.17 Å². The SMILES string of the molecule is C=C=C(Cl)N=C(C)Cl. The molecule has 0 amide bonds. The summed E-state index contributed by atoms with van der Waals surface area (Å²) < 4.78 is 0. The van der Waals surface area contributed by atoms with Crippen molar-refractivity contribution in [1.29, 1.82) is 0 Å². The molecule has 0 rings (SSSR count). The third kappa shape index (κ3) is 3.94. The highest BCUT2D eigenvalue weighted by Gasteiger charge is 1.82. The predicted molar refractivity (Wildman–Crippen MR) is 37.5 cm³/mol. The maximum absolute atomic E-state index is 5.33. The second kappa shape index (κ2) is 3.73. The van der Waals surface area contributed by atoms with Gasteiger partial charge in [0, 0.05) is 0 Å². The van der Waals surface area contributed by atoms with Gasteiger partial charge in [-0.15, -0.1) is 0 Å². The molecule has 0 N–H and O–H groups in total. The molecule has 0 aliphatic heterocycles. The van der Waals surface area contributed by atoms with Gasteiger partial charge in [0.15, 0.2) is 5.16 Å². The zero-order chi connectivity index (χ0) is 6.57. The van der Waals surface area contributed by atoms with Crippen LogP contribution in [0.4, 0.5) is 0 Å². The van der Waals surface area contributed by atoms with Gasteiger partial charge in [0.05, 0.1) is 0 Å². The van der Waals surface area contributed by atoms with E-state index in [1.165, 1.54) is 0 Å². The van der Waals surface area contributed by atoms with Gasteiger partial charge in [-0.25, -0.2) is 4.99 Å². The predicted octanol–water partition coefficient (Wildman–Crippen LogP) is 2.51. The maximum atomic E-state index is 5.33. The third-order valence-corrected chi connectivity index (χ3v) is 0.701. The quantitative estimate of drug-likeness (QED) is 0.309. The molecule has 8 heavy (non-hydrogen) atoms. The zero-order valence-corrected chi connectivity index (χ0v) is 5.92. The van der Waals surface area contributed by atoms with E-state index >= 15 is 0 Å². The van der Waals surface area contributed by atoms with Crippen molar-refractivity contribution in [3.8, 4) is 0 Å². The number of halogens is 2. The molecule has 0 aromatic heterocycles. The fraction of sp³-hybridized carbons (Fsp3) is 0.200. The van der Waals surface area contributed by atoms with Crippen molar-refractivity contribution in [2.45, 2.75) is 6.92 Å². The van der Waals surface area contributed by atoms with E-state index in [1.807, 2.05) is 0 Å². The lowest BCUT2D eigenvalue weighted by Gasteiger charge is -1.81. The molecule has 0 radical (unpaired) electrons. The van der Waals surface area contributed by atoms with Gasteiger partial charge in [-0.2, -0.15) is 0 Å². The highest BCUT2D eigenvalue weighted by atomic mass is 35.5. The Balaban J connectivity index is 4.11. The lowest BCUT2D eigenvalue weighted by Crippen LogP contribution is -1.72. The Bertz CT molecular complexity index is 150. The van der Waals surface area contributed by atoms with Crippen molar-refractivity contribution < 1.29 is 0 Å². The van der Waals surface area contributed by atoms with Gasteiger partial charge >= 0.3 is 0 Å². The smallest absolute Gasteiger partial charge is 0.172 e. The molecule has 0 aromatic carbocycles. The van der Waals surface area contributed by atoms with E-state index in [1.54, 1.807) is 6.92 Å². The first-order valence-corrected chi connectivity index (χ1v) is 2.68. The lowest BCUT2D eigenvalue weighted by molar-refractivity contribution is 1.52. The minimum atomic E-state index is 0.192. The van der Waals surface area contributed by atoms with Crippen LogP contribution in [0.2, 0.25) is 0 Å². The molecule has 44 valence electrons. The number of rotatable bonds is 1. The molecule has 0 saturated heterocycles. The van der Waals surface area contributed by atoms with E-state index in [9.17, 15) is 0 Å². The molecule has 1 nitrogen and oxygen atoms in total. The zero-order valence-electron chi connectivity index (χ0n) is 4.41. The molecule has 3 heteroatoms. The molecule has 0 heterocycles. The third-order valence-electron chi connectivity index (χ3n) is 0.398. The Kier molecular flexibility index (Phi) is 3.63. The summed E-state index contributed by atoms with van der Waals surface area (Å²) in [5.41, 5.74) is 2.36. The molecular formula is C5H5Cl2N. The minimum Gasteiger partial charge on any atom is -0.221 e. The van der Waals surface area contributed by atoms with Crippen LogP contribution in [-0.4, -0.2) is 5.17 Å². The van der Waals surface area contributed by atoms with Crippen molar-refractivity contribution in [3.05, 3.63) is 17.5 Å². The Morgan fingerprint density at radius 3 is 2.25 bits per heavy atom. The Morgan fingerprint density at radius 1 is 1.62 bits per heavy atom. The van der Waals surface area contributed by atoms with Crippen molar-refractivity contribution in [2.75, 3.05) is 0 Å². The molecule has 0 saturated carbocycles. The largest absolute Gasteiger partial charge is 0.221 e. The van der Waals surface area contributed by atoms with Crippen LogP contribution >= 0.6 is 23.2 Å². The van der Waals surface area contributed by atoms with Gasteiger partial charge < -0.3 is 0 Å². The highest BCUT2D eigenvalue weighted by Crippen LogP contribution is 2.00. The first kappa shape index (κ1) is 7.77. The normalized spacial score (nSPS) is 10.6. The average Bonchev–Trinajstić information content (AvgIpc) is 1.65. The van der Waals surface area contributed by atoms with Gasteiger partial charge in [-0.3, -0.25) is 0 Å². The van der Waals surface area contributed by atoms with E-state index in [-0.39, 0.29) is 5.16 Å². The van der Waals surface area contributed by atoms with Gasteiger partial charge in [0.2, 0.25) is 0 Å². The van der Waals surface area contributed by atoms with Crippen LogP contribution in [0.3, 0.4) is 0 Å². The topological polar surface area (TPSA) is 12.4 Å². The molecule has 0 aromatic rings. The first-order chi connectivity index (χ1) is 3.66. The Labute approximate surface area is 58.3 Å². The van der Waals surface area contributed by atoms with Crippen molar-refractivity contribution >= 4 is 28.4 Å². The van der Waals surface area contributed by atoms with Crippen LogP contribution < -0.4 is 0 Å². The molecule has 0 atom stereocenters. The summed E-state index contributed by atoms with van der Waals surface area (Å²) in [6, 6.07) is 0. The van der Waals surface area contributed by atoms with Crippen molar-refractivity contribution in [1.82, 2.24) is 0 Å². The maximum Gasteiger partial charge on any atom is 0.172 e. The molecule has 0 fully saturated rings. The lowest BCUT2D eigenvalue weighted by atomic mass is 10.8. The monoisotopic (exact) mass is 149 g/mol. The highest BCUT2D eigenvalue weighted by molar-refractivity contribution is 6.65. The second-order valence-electron chi connectivity index (χ2n) is 1.08. The minimum absolute atomic E-state index is 0.192. The van der Waals surface area contributed by atoms with Gasteiger partial charge in [0.1, 0.15) is 5.17 Å². The average molecular weight is 150 g/mol. The van der Waals surface area contributed by atoms with E-state index in [0.717, 1.165) is 0 Å². The summed E-state index contributed by atoms with van der Waals surface area (Å²) in [6.45, 7) is 4.88. The van der Waals surface area contributed by atoms with Crippen LogP contribution in [0.5, 0.6) is 0 Å². The summed E-state index contributed by atoms with van der Waals surface area (Å²) in [6.07, 6.45) is 0. The number of hydrogen-bond acceptors (Lipinski definition) is 1. The van der Waals surface area contributed by atoms with Crippen LogP contribution in [0.15, 0.2) is 22.5 Å². The summed E-state index contributed by atoms with van der Waals surface area (Å²) in [4.78, 5) is 3.59. The molecule has 0 unspecified atom stereocenters. The molecule has 0 aliphatic rings. The molecular weight excluding hydrogens is 145 g/mol. The summed E-state index contributed by atoms with van der Waals surface area (Å²) in [5.74, 6) is 0. The first-order valence-electron chi connectivity index (χ1n) is 1.93. The summed E-state index contributed by atoms with van der Waals surface area (Å²) in [7, 11) is 0. The second-order valence-corrected chi connectivity index (χ2v) is 1.98. The van der Waals surface area contributed by atoms with E-state index < -0.39 is 0 Å². The van der Waals surface area contributed by atoms with Crippen LogP contribution in [0.1, 0.15) is 6.92 Å². The van der Waals surface area contributed by atoms with Crippen molar-refractivity contribution in [2.24, 2.45) is 4.99 Å². The Morgan fingerprint density at radius 2 is 2.12 bits per heavy atom. The Hall–Kier alpha value is -0.230. The van der Waals surface area contributed by atoms with Gasteiger partial charge in [-0.1, -0.05) is 35.5 Å². The van der Waals surface area contributed by atoms with Gasteiger partial charge in [0.25, 0.3) is 0 Å². The van der Waals surface area contributed by atoms with E-state index in [2.05, 4.69) is 17.3 Å². The van der Waals surface area contributed by atoms with Crippen molar-refractivity contribution in [3.63, 3.8) is 0 Å². The standard InChI is InChI=1S/C5H5Cl2N/c1-3-5(7)8-4(2)6/h1H2,2H3. The van der Waals surface area contributed by atoms with Crippen LogP contribution in [0.25, 0.3) is 0 Å². The number of aliphatic imine (C=N–C) groups is 1. The fourth-order valence-electron chi connectivity index (χ4n) is 0.175. The van der Waals surface area contributed by atoms with Gasteiger partial charge in [-0.05, 0) is 6.92 Å². The summed E-state index contributed by atoms with van der Waals surface area (Å²) >= 11 is 10.7.